The van der Waals surface area contributed by atoms with Crippen molar-refractivity contribution in [1.82, 2.24) is 4.98 Å². The normalized spacial score (nSPS) is 9.94. The molecule has 0 saturated heterocycles. The first-order valence-electron chi connectivity index (χ1n) is 6.04. The summed E-state index contributed by atoms with van der Waals surface area (Å²) in [5.74, 6) is 1.37. The lowest BCUT2D eigenvalue weighted by molar-refractivity contribution is -0.140. The predicted molar refractivity (Wildman–Crippen MR) is 69.9 cm³/mol. The van der Waals surface area contributed by atoms with Crippen LogP contribution in [0.25, 0.3) is 0 Å². The summed E-state index contributed by atoms with van der Waals surface area (Å²) in [5, 5.41) is 0. The Morgan fingerprint density at radius 1 is 1.50 bits per heavy atom. The zero-order valence-electron chi connectivity index (χ0n) is 11.2. The third kappa shape index (κ3) is 4.24. The lowest BCUT2D eigenvalue weighted by Crippen LogP contribution is -2.21. The van der Waals surface area contributed by atoms with Gasteiger partial charge in [0.25, 0.3) is 0 Å². The maximum absolute atomic E-state index is 11.0. The van der Waals surface area contributed by atoms with E-state index in [4.69, 9.17) is 4.74 Å². The summed E-state index contributed by atoms with van der Waals surface area (Å²) in [5.41, 5.74) is 0. The van der Waals surface area contributed by atoms with Crippen LogP contribution in [0, 0.1) is 0 Å². The highest BCUT2D eigenvalue weighted by molar-refractivity contribution is 5.69. The van der Waals surface area contributed by atoms with Crippen LogP contribution in [0.4, 0.5) is 5.82 Å². The summed E-state index contributed by atoms with van der Waals surface area (Å²) < 4.78 is 10.1. The van der Waals surface area contributed by atoms with Crippen LogP contribution in [-0.4, -0.2) is 38.3 Å². The van der Waals surface area contributed by atoms with E-state index in [1.807, 2.05) is 31.0 Å². The number of hydrogen-bond donors (Lipinski definition) is 0. The molecule has 0 atom stereocenters. The zero-order valence-corrected chi connectivity index (χ0v) is 11.2. The molecule has 0 aromatic carbocycles. The van der Waals surface area contributed by atoms with Gasteiger partial charge in [0.05, 0.1) is 13.7 Å². The Morgan fingerprint density at radius 2 is 2.28 bits per heavy atom. The van der Waals surface area contributed by atoms with E-state index in [-0.39, 0.29) is 5.97 Å². The zero-order chi connectivity index (χ0) is 13.4. The molecule has 0 aliphatic heterocycles. The van der Waals surface area contributed by atoms with E-state index in [1.165, 1.54) is 7.11 Å². The van der Waals surface area contributed by atoms with E-state index < -0.39 is 0 Å². The standard InChI is InChI=1S/C13H20N2O3/c1-4-18-11-7-5-9-14-13(11)15(2)10-6-8-12(16)17-3/h5,7,9H,4,6,8,10H2,1-3H3. The molecule has 1 aromatic rings. The van der Waals surface area contributed by atoms with Crippen molar-refractivity contribution in [2.75, 3.05) is 32.2 Å². The Labute approximate surface area is 108 Å². The number of esters is 1. The van der Waals surface area contributed by atoms with E-state index in [9.17, 15) is 4.79 Å². The topological polar surface area (TPSA) is 51.7 Å². The summed E-state index contributed by atoms with van der Waals surface area (Å²) in [4.78, 5) is 17.3. The van der Waals surface area contributed by atoms with Gasteiger partial charge in [0.1, 0.15) is 0 Å². The minimum absolute atomic E-state index is 0.186. The molecule has 18 heavy (non-hydrogen) atoms. The Kier molecular flexibility index (Phi) is 5.97. The number of aromatic nitrogens is 1. The molecule has 1 aromatic heterocycles. The molecule has 1 heterocycles. The van der Waals surface area contributed by atoms with Gasteiger partial charge in [-0.05, 0) is 25.5 Å². The molecule has 1 rings (SSSR count). The second kappa shape index (κ2) is 7.53. The van der Waals surface area contributed by atoms with Crippen LogP contribution >= 0.6 is 0 Å². The molecule has 0 N–H and O–H groups in total. The van der Waals surface area contributed by atoms with Crippen molar-refractivity contribution in [2.45, 2.75) is 19.8 Å². The SMILES string of the molecule is CCOc1cccnc1N(C)CCCC(=O)OC. The molecule has 0 amide bonds. The van der Waals surface area contributed by atoms with Gasteiger partial charge in [-0.3, -0.25) is 4.79 Å². The molecule has 0 unspecified atom stereocenters. The van der Waals surface area contributed by atoms with Gasteiger partial charge in [0.15, 0.2) is 11.6 Å². The first-order chi connectivity index (χ1) is 8.69. The Bertz CT molecular complexity index is 382. The molecule has 0 fully saturated rings. The first-order valence-corrected chi connectivity index (χ1v) is 6.04. The van der Waals surface area contributed by atoms with Crippen LogP contribution in [0.2, 0.25) is 0 Å². The van der Waals surface area contributed by atoms with Crippen LogP contribution in [0.1, 0.15) is 19.8 Å². The van der Waals surface area contributed by atoms with E-state index in [1.54, 1.807) is 6.20 Å². The average Bonchev–Trinajstić information content (AvgIpc) is 2.39. The maximum atomic E-state index is 11.0. The smallest absolute Gasteiger partial charge is 0.305 e. The van der Waals surface area contributed by atoms with E-state index in [0.29, 0.717) is 13.0 Å². The monoisotopic (exact) mass is 252 g/mol. The number of anilines is 1. The minimum atomic E-state index is -0.186. The second-order valence-corrected chi connectivity index (χ2v) is 3.86. The molecule has 0 bridgehead atoms. The van der Waals surface area contributed by atoms with Crippen molar-refractivity contribution in [3.8, 4) is 5.75 Å². The Hall–Kier alpha value is -1.78. The van der Waals surface area contributed by atoms with Crippen molar-refractivity contribution in [2.24, 2.45) is 0 Å². The van der Waals surface area contributed by atoms with Gasteiger partial charge < -0.3 is 14.4 Å². The molecular formula is C13H20N2O3. The van der Waals surface area contributed by atoms with Gasteiger partial charge in [-0.2, -0.15) is 0 Å². The van der Waals surface area contributed by atoms with Crippen LogP contribution in [-0.2, 0) is 9.53 Å². The fourth-order valence-electron chi connectivity index (χ4n) is 1.61. The van der Waals surface area contributed by atoms with E-state index in [2.05, 4.69) is 9.72 Å². The lowest BCUT2D eigenvalue weighted by atomic mass is 10.3. The molecule has 0 spiro atoms. The third-order valence-electron chi connectivity index (χ3n) is 2.51. The summed E-state index contributed by atoms with van der Waals surface area (Å²) in [6, 6.07) is 3.74. The average molecular weight is 252 g/mol. The summed E-state index contributed by atoms with van der Waals surface area (Å²) >= 11 is 0. The number of rotatable bonds is 7. The van der Waals surface area contributed by atoms with Crippen molar-refractivity contribution >= 4 is 11.8 Å². The van der Waals surface area contributed by atoms with E-state index >= 15 is 0 Å². The Balaban J connectivity index is 2.55. The van der Waals surface area contributed by atoms with Gasteiger partial charge in [-0.1, -0.05) is 0 Å². The molecule has 0 aliphatic rings. The molecule has 5 heteroatoms. The fourth-order valence-corrected chi connectivity index (χ4v) is 1.61. The molecule has 0 radical (unpaired) electrons. The Morgan fingerprint density at radius 3 is 2.94 bits per heavy atom. The lowest BCUT2D eigenvalue weighted by Gasteiger charge is -2.20. The van der Waals surface area contributed by atoms with Crippen molar-refractivity contribution < 1.29 is 14.3 Å². The van der Waals surface area contributed by atoms with Gasteiger partial charge >= 0.3 is 5.97 Å². The van der Waals surface area contributed by atoms with E-state index in [0.717, 1.165) is 24.5 Å². The highest BCUT2D eigenvalue weighted by Crippen LogP contribution is 2.24. The number of carbonyl (C=O) groups excluding carboxylic acids is 1. The van der Waals surface area contributed by atoms with Crippen LogP contribution in [0.5, 0.6) is 5.75 Å². The van der Waals surface area contributed by atoms with Crippen molar-refractivity contribution in [1.29, 1.82) is 0 Å². The summed E-state index contributed by atoms with van der Waals surface area (Å²) in [6.07, 6.45) is 2.87. The fraction of sp³-hybridized carbons (Fsp3) is 0.538. The summed E-state index contributed by atoms with van der Waals surface area (Å²) in [7, 11) is 3.33. The largest absolute Gasteiger partial charge is 0.490 e. The number of ether oxygens (including phenoxy) is 2. The van der Waals surface area contributed by atoms with Gasteiger partial charge in [0, 0.05) is 26.2 Å². The van der Waals surface area contributed by atoms with Crippen molar-refractivity contribution in [3.63, 3.8) is 0 Å². The molecule has 100 valence electrons. The molecular weight excluding hydrogens is 232 g/mol. The molecule has 0 aliphatic carbocycles. The number of methoxy groups -OCH3 is 1. The van der Waals surface area contributed by atoms with Gasteiger partial charge in [-0.25, -0.2) is 4.98 Å². The van der Waals surface area contributed by atoms with Gasteiger partial charge in [0.2, 0.25) is 0 Å². The van der Waals surface area contributed by atoms with Crippen LogP contribution < -0.4 is 9.64 Å². The van der Waals surface area contributed by atoms with Crippen molar-refractivity contribution in [3.05, 3.63) is 18.3 Å². The van der Waals surface area contributed by atoms with Crippen LogP contribution in [0.3, 0.4) is 0 Å². The number of nitrogens with zero attached hydrogens (tertiary/aromatic N) is 2. The second-order valence-electron chi connectivity index (χ2n) is 3.86. The molecule has 0 saturated carbocycles. The summed E-state index contributed by atoms with van der Waals surface area (Å²) in [6.45, 7) is 3.27. The highest BCUT2D eigenvalue weighted by Gasteiger charge is 2.10. The highest BCUT2D eigenvalue weighted by atomic mass is 16.5. The maximum Gasteiger partial charge on any atom is 0.305 e. The predicted octanol–water partition coefficient (Wildman–Crippen LogP) is 1.87. The van der Waals surface area contributed by atoms with Gasteiger partial charge in [-0.15, -0.1) is 0 Å². The minimum Gasteiger partial charge on any atom is -0.490 e. The van der Waals surface area contributed by atoms with Crippen LogP contribution in [0.15, 0.2) is 18.3 Å². The number of hydrogen-bond acceptors (Lipinski definition) is 5. The molecule has 5 nitrogen and oxygen atoms in total. The number of carbonyl (C=O) groups is 1. The third-order valence-corrected chi connectivity index (χ3v) is 2.51. The quantitative estimate of drug-likeness (QED) is 0.693. The first kappa shape index (κ1) is 14.3. The number of pyridine rings is 1.